The molecular formula is C12H14BrNO4. The quantitative estimate of drug-likeness (QED) is 0.793. The van der Waals surface area contributed by atoms with Gasteiger partial charge < -0.3 is 15.5 Å². The number of halogens is 1. The number of hydrogen-bond acceptors (Lipinski definition) is 3. The normalized spacial score (nSPS) is 13.7. The van der Waals surface area contributed by atoms with Gasteiger partial charge in [0.25, 0.3) is 5.91 Å². The average molecular weight is 316 g/mol. The first-order chi connectivity index (χ1) is 8.32. The number of rotatable bonds is 4. The van der Waals surface area contributed by atoms with E-state index in [1.54, 1.807) is 13.0 Å². The topological polar surface area (TPSA) is 86.6 Å². The molecule has 1 amide bonds. The first kappa shape index (κ1) is 14.5. The number of carboxylic acid groups (broad SMARTS) is 1. The molecule has 0 spiro atoms. The van der Waals surface area contributed by atoms with Gasteiger partial charge in [-0.2, -0.15) is 0 Å². The van der Waals surface area contributed by atoms with Gasteiger partial charge in [0.05, 0.1) is 10.4 Å². The molecular weight excluding hydrogens is 302 g/mol. The summed E-state index contributed by atoms with van der Waals surface area (Å²) in [4.78, 5) is 22.6. The van der Waals surface area contributed by atoms with E-state index in [2.05, 4.69) is 21.2 Å². The molecule has 3 N–H and O–H groups in total. The maximum absolute atomic E-state index is 11.8. The van der Waals surface area contributed by atoms with Gasteiger partial charge in [-0.1, -0.05) is 0 Å². The molecule has 1 rings (SSSR count). The van der Waals surface area contributed by atoms with Gasteiger partial charge in [-0.15, -0.1) is 0 Å². The van der Waals surface area contributed by atoms with Crippen LogP contribution in [0.25, 0.3) is 0 Å². The number of amides is 1. The number of phenols is 1. The van der Waals surface area contributed by atoms with E-state index in [1.807, 2.05) is 0 Å². The maximum Gasteiger partial charge on any atom is 0.308 e. The Morgan fingerprint density at radius 2 is 1.94 bits per heavy atom. The van der Waals surface area contributed by atoms with Crippen LogP contribution in [-0.4, -0.2) is 28.1 Å². The first-order valence-electron chi connectivity index (χ1n) is 5.35. The molecule has 0 radical (unpaired) electrons. The van der Waals surface area contributed by atoms with Gasteiger partial charge >= 0.3 is 5.97 Å². The van der Waals surface area contributed by atoms with Crippen molar-refractivity contribution in [1.29, 1.82) is 0 Å². The highest BCUT2D eigenvalue weighted by Crippen LogP contribution is 2.24. The summed E-state index contributed by atoms with van der Waals surface area (Å²) >= 11 is 3.11. The molecule has 5 nitrogen and oxygen atoms in total. The summed E-state index contributed by atoms with van der Waals surface area (Å²) in [5.74, 6) is -2.11. The van der Waals surface area contributed by atoms with Gasteiger partial charge in [-0.3, -0.25) is 9.59 Å². The molecule has 1 aromatic carbocycles. The SMILES string of the molecule is CC(NC(=O)c1ccc(Br)c(O)c1)C(C)C(=O)O. The Bertz CT molecular complexity index is 475. The molecule has 1 aromatic rings. The molecule has 0 bridgehead atoms. The van der Waals surface area contributed by atoms with Gasteiger partial charge in [0.2, 0.25) is 0 Å². The Hall–Kier alpha value is -1.56. The molecule has 98 valence electrons. The lowest BCUT2D eigenvalue weighted by Gasteiger charge is -2.17. The summed E-state index contributed by atoms with van der Waals surface area (Å²) in [6.07, 6.45) is 0. The highest BCUT2D eigenvalue weighted by atomic mass is 79.9. The van der Waals surface area contributed by atoms with Gasteiger partial charge in [0, 0.05) is 11.6 Å². The van der Waals surface area contributed by atoms with E-state index in [-0.39, 0.29) is 11.3 Å². The number of carbonyl (C=O) groups excluding carboxylic acids is 1. The number of carboxylic acids is 1. The van der Waals surface area contributed by atoms with E-state index >= 15 is 0 Å². The summed E-state index contributed by atoms with van der Waals surface area (Å²) in [6.45, 7) is 3.14. The van der Waals surface area contributed by atoms with Crippen LogP contribution in [0.2, 0.25) is 0 Å². The monoisotopic (exact) mass is 315 g/mol. The fraction of sp³-hybridized carbons (Fsp3) is 0.333. The van der Waals surface area contributed by atoms with E-state index in [1.165, 1.54) is 19.1 Å². The molecule has 0 aliphatic rings. The zero-order valence-corrected chi connectivity index (χ0v) is 11.6. The lowest BCUT2D eigenvalue weighted by Crippen LogP contribution is -2.40. The van der Waals surface area contributed by atoms with Crippen molar-refractivity contribution in [1.82, 2.24) is 5.32 Å². The molecule has 0 aliphatic heterocycles. The Morgan fingerprint density at radius 1 is 1.33 bits per heavy atom. The van der Waals surface area contributed by atoms with Crippen molar-refractivity contribution in [3.05, 3.63) is 28.2 Å². The van der Waals surface area contributed by atoms with Crippen molar-refractivity contribution in [3.63, 3.8) is 0 Å². The second kappa shape index (κ2) is 5.86. The van der Waals surface area contributed by atoms with Gasteiger partial charge in [0.1, 0.15) is 5.75 Å². The highest BCUT2D eigenvalue weighted by Gasteiger charge is 2.21. The molecule has 2 atom stereocenters. The minimum absolute atomic E-state index is 0.0402. The Labute approximate surface area is 113 Å². The summed E-state index contributed by atoms with van der Waals surface area (Å²) in [7, 11) is 0. The summed E-state index contributed by atoms with van der Waals surface area (Å²) in [5.41, 5.74) is 0.278. The van der Waals surface area contributed by atoms with E-state index in [9.17, 15) is 14.7 Å². The average Bonchev–Trinajstić information content (AvgIpc) is 2.31. The zero-order valence-electron chi connectivity index (χ0n) is 9.98. The number of carbonyl (C=O) groups is 2. The Balaban J connectivity index is 2.76. The van der Waals surface area contributed by atoms with Crippen LogP contribution in [-0.2, 0) is 4.79 Å². The van der Waals surface area contributed by atoms with Gasteiger partial charge in [0.15, 0.2) is 0 Å². The number of aromatic hydroxyl groups is 1. The summed E-state index contributed by atoms with van der Waals surface area (Å²) < 4.78 is 0.492. The lowest BCUT2D eigenvalue weighted by molar-refractivity contribution is -0.141. The Kier molecular flexibility index (Phi) is 4.72. The standard InChI is InChI=1S/C12H14BrNO4/c1-6(12(17)18)7(2)14-11(16)8-3-4-9(13)10(15)5-8/h3-7,15H,1-2H3,(H,14,16)(H,17,18). The Morgan fingerprint density at radius 3 is 2.44 bits per heavy atom. The van der Waals surface area contributed by atoms with E-state index in [4.69, 9.17) is 5.11 Å². The minimum atomic E-state index is -0.971. The molecule has 0 fully saturated rings. The maximum atomic E-state index is 11.8. The van der Waals surface area contributed by atoms with Gasteiger partial charge in [-0.05, 0) is 48.0 Å². The van der Waals surface area contributed by atoms with Crippen LogP contribution in [0.1, 0.15) is 24.2 Å². The third-order valence-electron chi connectivity index (χ3n) is 2.71. The van der Waals surface area contributed by atoms with Crippen LogP contribution in [0.15, 0.2) is 22.7 Å². The van der Waals surface area contributed by atoms with Crippen molar-refractivity contribution in [2.45, 2.75) is 19.9 Å². The van der Waals surface area contributed by atoms with Crippen molar-refractivity contribution in [2.75, 3.05) is 0 Å². The van der Waals surface area contributed by atoms with Gasteiger partial charge in [-0.25, -0.2) is 0 Å². The largest absolute Gasteiger partial charge is 0.507 e. The fourth-order valence-corrected chi connectivity index (χ4v) is 1.53. The first-order valence-corrected chi connectivity index (χ1v) is 6.14. The second-order valence-electron chi connectivity index (χ2n) is 4.06. The van der Waals surface area contributed by atoms with Crippen LogP contribution in [0.4, 0.5) is 0 Å². The smallest absolute Gasteiger partial charge is 0.308 e. The van der Waals surface area contributed by atoms with E-state index in [0.29, 0.717) is 4.47 Å². The fourth-order valence-electron chi connectivity index (χ4n) is 1.28. The van der Waals surface area contributed by atoms with Crippen LogP contribution >= 0.6 is 15.9 Å². The van der Waals surface area contributed by atoms with Crippen LogP contribution in [0.5, 0.6) is 5.75 Å². The molecule has 2 unspecified atom stereocenters. The predicted octanol–water partition coefficient (Wildman–Crippen LogP) is 1.99. The molecule has 0 aromatic heterocycles. The summed E-state index contributed by atoms with van der Waals surface area (Å²) in [6, 6.07) is 3.91. The second-order valence-corrected chi connectivity index (χ2v) is 4.91. The van der Waals surface area contributed by atoms with Crippen LogP contribution < -0.4 is 5.32 Å². The molecule has 0 heterocycles. The molecule has 0 aliphatic carbocycles. The number of aliphatic carboxylic acids is 1. The van der Waals surface area contributed by atoms with Crippen molar-refractivity contribution >= 4 is 27.8 Å². The third kappa shape index (κ3) is 3.46. The third-order valence-corrected chi connectivity index (χ3v) is 3.38. The number of hydrogen-bond donors (Lipinski definition) is 3. The van der Waals surface area contributed by atoms with Crippen LogP contribution in [0.3, 0.4) is 0 Å². The van der Waals surface area contributed by atoms with E-state index < -0.39 is 23.8 Å². The number of benzene rings is 1. The van der Waals surface area contributed by atoms with Crippen molar-refractivity contribution in [2.24, 2.45) is 5.92 Å². The van der Waals surface area contributed by atoms with Crippen LogP contribution in [0, 0.1) is 5.92 Å². The minimum Gasteiger partial charge on any atom is -0.507 e. The van der Waals surface area contributed by atoms with E-state index in [0.717, 1.165) is 0 Å². The summed E-state index contributed by atoms with van der Waals surface area (Å²) in [5, 5.41) is 20.9. The molecule has 0 saturated carbocycles. The predicted molar refractivity (Wildman–Crippen MR) is 69.5 cm³/mol. The van der Waals surface area contributed by atoms with Crippen molar-refractivity contribution < 1.29 is 19.8 Å². The van der Waals surface area contributed by atoms with Crippen molar-refractivity contribution in [3.8, 4) is 5.75 Å². The highest BCUT2D eigenvalue weighted by molar-refractivity contribution is 9.10. The molecule has 6 heteroatoms. The number of nitrogens with one attached hydrogen (secondary N) is 1. The molecule has 0 saturated heterocycles. The molecule has 18 heavy (non-hydrogen) atoms. The number of phenolic OH excluding ortho intramolecular Hbond substituents is 1. The zero-order chi connectivity index (χ0) is 13.9. The lowest BCUT2D eigenvalue weighted by atomic mass is 10.0.